The van der Waals surface area contributed by atoms with Crippen LogP contribution in [0, 0.1) is 0 Å². The molecule has 0 aliphatic heterocycles. The van der Waals surface area contributed by atoms with Gasteiger partial charge < -0.3 is 14.8 Å². The highest BCUT2D eigenvalue weighted by Gasteiger charge is 2.15. The Morgan fingerprint density at radius 1 is 0.964 bits per heavy atom. The van der Waals surface area contributed by atoms with Crippen molar-refractivity contribution in [1.29, 1.82) is 0 Å². The molecule has 0 aliphatic carbocycles. The molecule has 0 spiro atoms. The van der Waals surface area contributed by atoms with Crippen LogP contribution in [0.3, 0.4) is 0 Å². The van der Waals surface area contributed by atoms with Crippen LogP contribution < -0.4 is 10.9 Å². The summed E-state index contributed by atoms with van der Waals surface area (Å²) in [5, 5.41) is 16.0. The fourth-order valence-electron chi connectivity index (χ4n) is 3.33. The molecule has 0 fully saturated rings. The van der Waals surface area contributed by atoms with Crippen molar-refractivity contribution >= 4 is 27.6 Å². The summed E-state index contributed by atoms with van der Waals surface area (Å²) in [6.45, 7) is 0.232. The van der Waals surface area contributed by atoms with Gasteiger partial charge in [0.25, 0.3) is 5.91 Å². The standard InChI is InChI=1S/C23H19NO4/c25-20(18-10-5-8-15-6-1-3-9-17(15)18)12-13-24-22(26)19-14-16-7-2-4-11-21(16)28-23(19)27/h1-11,14,20,25H,12-13H2,(H,24,26). The Labute approximate surface area is 161 Å². The lowest BCUT2D eigenvalue weighted by atomic mass is 9.99. The normalized spacial score (nSPS) is 12.2. The van der Waals surface area contributed by atoms with Gasteiger partial charge in [0.2, 0.25) is 0 Å². The molecule has 0 bridgehead atoms. The SMILES string of the molecule is O=C(NCCC(O)c1cccc2ccccc12)c1cc2ccccc2oc1=O. The van der Waals surface area contributed by atoms with Gasteiger partial charge in [-0.05, 0) is 34.9 Å². The third kappa shape index (κ3) is 3.52. The van der Waals surface area contributed by atoms with Gasteiger partial charge in [0, 0.05) is 11.9 Å². The number of amides is 1. The van der Waals surface area contributed by atoms with Gasteiger partial charge in [-0.15, -0.1) is 0 Å². The van der Waals surface area contributed by atoms with Crippen molar-refractivity contribution in [2.45, 2.75) is 12.5 Å². The minimum absolute atomic E-state index is 0.0432. The molecule has 4 rings (SSSR count). The Morgan fingerprint density at radius 3 is 2.54 bits per heavy atom. The summed E-state index contributed by atoms with van der Waals surface area (Å²) < 4.78 is 5.19. The fraction of sp³-hybridized carbons (Fsp3) is 0.130. The van der Waals surface area contributed by atoms with E-state index in [1.165, 1.54) is 6.07 Å². The Balaban J connectivity index is 1.45. The molecule has 0 saturated heterocycles. The first kappa shape index (κ1) is 17.9. The number of carbonyl (C=O) groups is 1. The van der Waals surface area contributed by atoms with E-state index in [0.29, 0.717) is 17.4 Å². The average molecular weight is 373 g/mol. The van der Waals surface area contributed by atoms with E-state index in [9.17, 15) is 14.7 Å². The van der Waals surface area contributed by atoms with E-state index in [0.717, 1.165) is 16.3 Å². The number of nitrogens with one attached hydrogen (secondary N) is 1. The number of carbonyl (C=O) groups excluding carboxylic acids is 1. The zero-order chi connectivity index (χ0) is 19.5. The quantitative estimate of drug-likeness (QED) is 0.522. The maximum absolute atomic E-state index is 12.4. The summed E-state index contributed by atoms with van der Waals surface area (Å²) in [6.07, 6.45) is -0.391. The predicted octanol–water partition coefficient (Wildman–Crippen LogP) is 3.80. The van der Waals surface area contributed by atoms with Crippen molar-refractivity contribution in [1.82, 2.24) is 5.32 Å². The second-order valence-corrected chi connectivity index (χ2v) is 6.61. The lowest BCUT2D eigenvalue weighted by Gasteiger charge is -2.14. The van der Waals surface area contributed by atoms with Gasteiger partial charge in [0.15, 0.2) is 0 Å². The minimum Gasteiger partial charge on any atom is -0.422 e. The molecule has 4 aromatic rings. The van der Waals surface area contributed by atoms with Crippen LogP contribution in [0.1, 0.15) is 28.4 Å². The number of para-hydroxylation sites is 1. The zero-order valence-electron chi connectivity index (χ0n) is 15.1. The Hall–Kier alpha value is -3.44. The van der Waals surface area contributed by atoms with Crippen LogP contribution in [0.15, 0.2) is 82.0 Å². The maximum atomic E-state index is 12.4. The summed E-state index contributed by atoms with van der Waals surface area (Å²) in [7, 11) is 0. The Kier molecular flexibility index (Phi) is 4.91. The smallest absolute Gasteiger partial charge is 0.349 e. The number of benzene rings is 3. The van der Waals surface area contributed by atoms with Crippen molar-refractivity contribution in [2.75, 3.05) is 6.54 Å². The lowest BCUT2D eigenvalue weighted by Crippen LogP contribution is -2.29. The lowest BCUT2D eigenvalue weighted by molar-refractivity contribution is 0.0939. The average Bonchev–Trinajstić information content (AvgIpc) is 2.72. The van der Waals surface area contributed by atoms with Crippen molar-refractivity contribution in [3.8, 4) is 0 Å². The van der Waals surface area contributed by atoms with Crippen molar-refractivity contribution in [3.63, 3.8) is 0 Å². The third-order valence-corrected chi connectivity index (χ3v) is 4.77. The summed E-state index contributed by atoms with van der Waals surface area (Å²) in [5.41, 5.74) is 0.539. The molecule has 1 atom stereocenters. The number of fused-ring (bicyclic) bond motifs is 2. The van der Waals surface area contributed by atoms with Gasteiger partial charge in [-0.3, -0.25) is 4.79 Å². The van der Waals surface area contributed by atoms with E-state index in [-0.39, 0.29) is 12.1 Å². The molecule has 3 aromatic carbocycles. The zero-order valence-corrected chi connectivity index (χ0v) is 15.1. The number of hydrogen-bond acceptors (Lipinski definition) is 4. The maximum Gasteiger partial charge on any atom is 0.349 e. The second kappa shape index (κ2) is 7.66. The van der Waals surface area contributed by atoms with Crippen molar-refractivity contribution < 1.29 is 14.3 Å². The van der Waals surface area contributed by atoms with E-state index in [2.05, 4.69) is 5.32 Å². The molecule has 1 aromatic heterocycles. The van der Waals surface area contributed by atoms with E-state index in [1.54, 1.807) is 18.2 Å². The van der Waals surface area contributed by atoms with E-state index in [4.69, 9.17) is 4.42 Å². The summed E-state index contributed by atoms with van der Waals surface area (Å²) in [4.78, 5) is 24.4. The fourth-order valence-corrected chi connectivity index (χ4v) is 3.33. The van der Waals surface area contributed by atoms with Crippen molar-refractivity contribution in [2.24, 2.45) is 0 Å². The highest BCUT2D eigenvalue weighted by Crippen LogP contribution is 2.25. The Morgan fingerprint density at radius 2 is 1.68 bits per heavy atom. The molecule has 0 aliphatic rings. The van der Waals surface area contributed by atoms with Gasteiger partial charge >= 0.3 is 5.63 Å². The predicted molar refractivity (Wildman–Crippen MR) is 108 cm³/mol. The van der Waals surface area contributed by atoms with Crippen LogP contribution in [0.5, 0.6) is 0 Å². The van der Waals surface area contributed by atoms with Gasteiger partial charge in [0.05, 0.1) is 6.10 Å². The molecule has 1 unspecified atom stereocenters. The van der Waals surface area contributed by atoms with E-state index in [1.807, 2.05) is 48.5 Å². The van der Waals surface area contributed by atoms with Crippen LogP contribution in [-0.4, -0.2) is 17.6 Å². The van der Waals surface area contributed by atoms with Crippen molar-refractivity contribution in [3.05, 3.63) is 94.3 Å². The summed E-state index contributed by atoms with van der Waals surface area (Å²) >= 11 is 0. The van der Waals surface area contributed by atoms with Crippen LogP contribution in [-0.2, 0) is 0 Å². The number of hydrogen-bond donors (Lipinski definition) is 2. The Bertz CT molecular complexity index is 1210. The van der Waals surface area contributed by atoms with Crippen LogP contribution in [0.2, 0.25) is 0 Å². The minimum atomic E-state index is -0.723. The first-order chi connectivity index (χ1) is 13.6. The highest BCUT2D eigenvalue weighted by molar-refractivity contribution is 5.96. The molecule has 1 heterocycles. The molecule has 2 N–H and O–H groups in total. The summed E-state index contributed by atoms with van der Waals surface area (Å²) in [6, 6.07) is 22.2. The molecule has 28 heavy (non-hydrogen) atoms. The van der Waals surface area contributed by atoms with E-state index < -0.39 is 17.6 Å². The van der Waals surface area contributed by atoms with Gasteiger partial charge in [0.1, 0.15) is 11.1 Å². The largest absolute Gasteiger partial charge is 0.422 e. The number of aliphatic hydroxyl groups excluding tert-OH is 1. The second-order valence-electron chi connectivity index (χ2n) is 6.61. The monoisotopic (exact) mass is 373 g/mol. The topological polar surface area (TPSA) is 79.5 Å². The van der Waals surface area contributed by atoms with Crippen LogP contribution in [0.4, 0.5) is 0 Å². The molecule has 5 heteroatoms. The first-order valence-corrected chi connectivity index (χ1v) is 9.10. The summed E-state index contributed by atoms with van der Waals surface area (Å²) in [5.74, 6) is -0.510. The molecular formula is C23H19NO4. The molecular weight excluding hydrogens is 354 g/mol. The number of aliphatic hydroxyl groups is 1. The molecule has 5 nitrogen and oxygen atoms in total. The number of rotatable bonds is 5. The van der Waals surface area contributed by atoms with Gasteiger partial charge in [-0.1, -0.05) is 60.7 Å². The molecule has 0 radical (unpaired) electrons. The first-order valence-electron chi connectivity index (χ1n) is 9.10. The van der Waals surface area contributed by atoms with Crippen LogP contribution in [0.25, 0.3) is 21.7 Å². The van der Waals surface area contributed by atoms with Gasteiger partial charge in [-0.25, -0.2) is 4.79 Å². The van der Waals surface area contributed by atoms with Gasteiger partial charge in [-0.2, -0.15) is 0 Å². The molecule has 140 valence electrons. The molecule has 0 saturated carbocycles. The third-order valence-electron chi connectivity index (χ3n) is 4.77. The highest BCUT2D eigenvalue weighted by atomic mass is 16.4. The molecule has 1 amide bonds. The van der Waals surface area contributed by atoms with E-state index >= 15 is 0 Å². The van der Waals surface area contributed by atoms with Crippen LogP contribution >= 0.6 is 0 Å².